The molecule has 0 rings (SSSR count). The second kappa shape index (κ2) is 2.84. The summed E-state index contributed by atoms with van der Waals surface area (Å²) in [5, 5.41) is 0. The van der Waals surface area contributed by atoms with E-state index in [-0.39, 0.29) is 6.17 Å². The molecule has 0 aromatic carbocycles. The van der Waals surface area contributed by atoms with Gasteiger partial charge in [-0.25, -0.2) is 5.43 Å². The van der Waals surface area contributed by atoms with Gasteiger partial charge in [-0.15, -0.1) is 6.58 Å². The average Bonchev–Trinajstić information content (AvgIpc) is 1.65. The van der Waals surface area contributed by atoms with Gasteiger partial charge in [0.15, 0.2) is 0 Å². The van der Waals surface area contributed by atoms with Crippen LogP contribution in [0.4, 0.5) is 0 Å². The van der Waals surface area contributed by atoms with Gasteiger partial charge in [0.25, 0.3) is 0 Å². The minimum atomic E-state index is -0.273. The third-order valence-electron chi connectivity index (χ3n) is 0.446. The molecule has 0 aromatic rings. The molecular formula is C3H9N3. The number of nitrogens with one attached hydrogen (secondary N) is 1. The second-order valence-electron chi connectivity index (χ2n) is 0.928. The maximum Gasteiger partial charge on any atom is 0.0863 e. The van der Waals surface area contributed by atoms with Gasteiger partial charge in [-0.3, -0.25) is 5.84 Å². The first-order chi connectivity index (χ1) is 2.81. The molecule has 0 saturated carbocycles. The van der Waals surface area contributed by atoms with Crippen molar-refractivity contribution in [3.05, 3.63) is 12.7 Å². The molecule has 0 aliphatic rings. The fraction of sp³-hybridized carbons (Fsp3) is 0.333. The van der Waals surface area contributed by atoms with E-state index in [1.807, 2.05) is 0 Å². The zero-order valence-electron chi connectivity index (χ0n) is 3.52. The standard InChI is InChI=1S/C3H9N3/c1-2-3(4)6-5/h2-3,6H,1,4-5H2. The Morgan fingerprint density at radius 1 is 1.83 bits per heavy atom. The molecular weight excluding hydrogens is 78.1 g/mol. The minimum absolute atomic E-state index is 0.273. The summed E-state index contributed by atoms with van der Waals surface area (Å²) in [6.07, 6.45) is 1.24. The zero-order valence-corrected chi connectivity index (χ0v) is 3.52. The molecule has 0 radical (unpaired) electrons. The first-order valence-corrected chi connectivity index (χ1v) is 1.65. The van der Waals surface area contributed by atoms with Crippen LogP contribution in [-0.4, -0.2) is 6.17 Å². The van der Waals surface area contributed by atoms with Crippen LogP contribution in [0.3, 0.4) is 0 Å². The minimum Gasteiger partial charge on any atom is -0.312 e. The van der Waals surface area contributed by atoms with Gasteiger partial charge in [0, 0.05) is 0 Å². The van der Waals surface area contributed by atoms with Crippen LogP contribution in [0.1, 0.15) is 0 Å². The second-order valence-corrected chi connectivity index (χ2v) is 0.928. The van der Waals surface area contributed by atoms with Gasteiger partial charge >= 0.3 is 0 Å². The number of rotatable bonds is 2. The van der Waals surface area contributed by atoms with Gasteiger partial charge in [-0.05, 0) is 0 Å². The van der Waals surface area contributed by atoms with Crippen molar-refractivity contribution in [2.24, 2.45) is 11.6 Å². The summed E-state index contributed by atoms with van der Waals surface area (Å²) in [4.78, 5) is 0. The molecule has 36 valence electrons. The SMILES string of the molecule is C=CC(N)NN. The van der Waals surface area contributed by atoms with Crippen molar-refractivity contribution in [1.29, 1.82) is 0 Å². The molecule has 0 aromatic heterocycles. The van der Waals surface area contributed by atoms with E-state index in [2.05, 4.69) is 12.0 Å². The maximum atomic E-state index is 5.12. The molecule has 0 aliphatic carbocycles. The van der Waals surface area contributed by atoms with Crippen LogP contribution in [-0.2, 0) is 0 Å². The summed E-state index contributed by atoms with van der Waals surface area (Å²) in [7, 11) is 0. The number of nitrogens with two attached hydrogens (primary N) is 2. The summed E-state index contributed by atoms with van der Waals surface area (Å²) in [6, 6.07) is 0. The summed E-state index contributed by atoms with van der Waals surface area (Å²) < 4.78 is 0. The summed E-state index contributed by atoms with van der Waals surface area (Å²) in [5.74, 6) is 4.84. The summed E-state index contributed by atoms with van der Waals surface area (Å²) >= 11 is 0. The lowest BCUT2D eigenvalue weighted by atomic mass is 10.5. The monoisotopic (exact) mass is 87.1 g/mol. The molecule has 3 heteroatoms. The van der Waals surface area contributed by atoms with Gasteiger partial charge in [0.2, 0.25) is 0 Å². The topological polar surface area (TPSA) is 64.1 Å². The highest BCUT2D eigenvalue weighted by molar-refractivity contribution is 4.77. The molecule has 0 heterocycles. The highest BCUT2D eigenvalue weighted by Gasteiger charge is 1.82. The Morgan fingerprint density at radius 3 is 2.33 bits per heavy atom. The Kier molecular flexibility index (Phi) is 2.66. The number of hydrazine groups is 1. The van der Waals surface area contributed by atoms with E-state index in [9.17, 15) is 0 Å². The Labute approximate surface area is 37.0 Å². The summed E-state index contributed by atoms with van der Waals surface area (Å²) in [6.45, 7) is 3.36. The quantitative estimate of drug-likeness (QED) is 0.174. The Morgan fingerprint density at radius 2 is 2.33 bits per heavy atom. The highest BCUT2D eigenvalue weighted by Crippen LogP contribution is 1.60. The fourth-order valence-electron chi connectivity index (χ4n) is 0.0680. The molecule has 1 unspecified atom stereocenters. The largest absolute Gasteiger partial charge is 0.312 e. The summed E-state index contributed by atoms with van der Waals surface area (Å²) in [5.41, 5.74) is 7.39. The van der Waals surface area contributed by atoms with Crippen LogP contribution in [0.25, 0.3) is 0 Å². The number of hydrogen-bond acceptors (Lipinski definition) is 3. The molecule has 6 heavy (non-hydrogen) atoms. The lowest BCUT2D eigenvalue weighted by molar-refractivity contribution is 0.645. The first kappa shape index (κ1) is 5.62. The molecule has 0 aliphatic heterocycles. The third-order valence-corrected chi connectivity index (χ3v) is 0.446. The van der Waals surface area contributed by atoms with Crippen LogP contribution < -0.4 is 17.0 Å². The Balaban J connectivity index is 2.96. The van der Waals surface area contributed by atoms with E-state index in [0.717, 1.165) is 0 Å². The van der Waals surface area contributed by atoms with Gasteiger partial charge in [0.05, 0.1) is 6.17 Å². The molecule has 0 spiro atoms. The average molecular weight is 87.1 g/mol. The first-order valence-electron chi connectivity index (χ1n) is 1.65. The van der Waals surface area contributed by atoms with E-state index >= 15 is 0 Å². The van der Waals surface area contributed by atoms with E-state index in [1.54, 1.807) is 0 Å². The van der Waals surface area contributed by atoms with Crippen molar-refractivity contribution in [1.82, 2.24) is 5.43 Å². The van der Waals surface area contributed by atoms with Crippen molar-refractivity contribution in [3.63, 3.8) is 0 Å². The molecule has 0 saturated heterocycles. The number of hydrogen-bond donors (Lipinski definition) is 3. The maximum absolute atomic E-state index is 5.12. The van der Waals surface area contributed by atoms with E-state index < -0.39 is 0 Å². The van der Waals surface area contributed by atoms with Crippen molar-refractivity contribution >= 4 is 0 Å². The predicted molar refractivity (Wildman–Crippen MR) is 25.5 cm³/mol. The molecule has 1 atom stereocenters. The van der Waals surface area contributed by atoms with Crippen molar-refractivity contribution in [3.8, 4) is 0 Å². The van der Waals surface area contributed by atoms with Gasteiger partial charge in [-0.1, -0.05) is 6.08 Å². The van der Waals surface area contributed by atoms with Crippen LogP contribution in [0.15, 0.2) is 12.7 Å². The third kappa shape index (κ3) is 1.90. The van der Waals surface area contributed by atoms with Gasteiger partial charge in [-0.2, -0.15) is 0 Å². The van der Waals surface area contributed by atoms with E-state index in [4.69, 9.17) is 11.6 Å². The van der Waals surface area contributed by atoms with Gasteiger partial charge < -0.3 is 5.73 Å². The van der Waals surface area contributed by atoms with Crippen LogP contribution >= 0.6 is 0 Å². The van der Waals surface area contributed by atoms with Crippen LogP contribution in [0.2, 0.25) is 0 Å². The van der Waals surface area contributed by atoms with Crippen LogP contribution in [0, 0.1) is 0 Å². The Hall–Kier alpha value is -0.380. The van der Waals surface area contributed by atoms with Crippen molar-refractivity contribution < 1.29 is 0 Å². The fourth-order valence-corrected chi connectivity index (χ4v) is 0.0680. The van der Waals surface area contributed by atoms with Crippen molar-refractivity contribution in [2.45, 2.75) is 6.17 Å². The Bertz CT molecular complexity index is 43.3. The van der Waals surface area contributed by atoms with Gasteiger partial charge in [0.1, 0.15) is 0 Å². The smallest absolute Gasteiger partial charge is 0.0863 e. The highest BCUT2D eigenvalue weighted by atomic mass is 15.3. The molecule has 3 nitrogen and oxygen atoms in total. The molecule has 0 bridgehead atoms. The van der Waals surface area contributed by atoms with E-state index in [1.165, 1.54) is 6.08 Å². The normalized spacial score (nSPS) is 13.7. The predicted octanol–water partition coefficient (Wildman–Crippen LogP) is -1.08. The van der Waals surface area contributed by atoms with E-state index in [0.29, 0.717) is 0 Å². The molecule has 0 amide bonds. The molecule has 0 fully saturated rings. The lowest BCUT2D eigenvalue weighted by Crippen LogP contribution is -2.40. The van der Waals surface area contributed by atoms with Crippen molar-refractivity contribution in [2.75, 3.05) is 0 Å². The zero-order chi connectivity index (χ0) is 4.99. The van der Waals surface area contributed by atoms with Crippen LogP contribution in [0.5, 0.6) is 0 Å². The lowest BCUT2D eigenvalue weighted by Gasteiger charge is -1.98. The molecule has 5 N–H and O–H groups in total.